The molecule has 0 radical (unpaired) electrons. The Morgan fingerprint density at radius 1 is 1.11 bits per heavy atom. The van der Waals surface area contributed by atoms with Crippen LogP contribution in [0.4, 0.5) is 22.1 Å². The first-order chi connectivity index (χ1) is 16.9. The zero-order valence-electron chi connectivity index (χ0n) is 20.5. The summed E-state index contributed by atoms with van der Waals surface area (Å²) >= 11 is 0. The number of aliphatic carboxylic acids is 1. The van der Waals surface area contributed by atoms with Crippen LogP contribution in [0.1, 0.15) is 56.2 Å². The quantitative estimate of drug-likeness (QED) is 0.493. The molecule has 184 valence electrons. The molecule has 2 N–H and O–H groups in total. The maximum absolute atomic E-state index is 12.6. The number of carbonyl (C=O) groups is 2. The number of methoxy groups -OCH3 is 1. The summed E-state index contributed by atoms with van der Waals surface area (Å²) in [5.41, 5.74) is 5.79. The van der Waals surface area contributed by atoms with E-state index in [1.807, 2.05) is 50.2 Å². The second-order valence-corrected chi connectivity index (χ2v) is 9.81. The van der Waals surface area contributed by atoms with Crippen LogP contribution in [0.5, 0.6) is 0 Å². The van der Waals surface area contributed by atoms with Gasteiger partial charge >= 0.3 is 12.1 Å². The van der Waals surface area contributed by atoms with Gasteiger partial charge in [-0.25, -0.2) is 9.78 Å². The van der Waals surface area contributed by atoms with Gasteiger partial charge in [-0.05, 0) is 70.2 Å². The lowest BCUT2D eigenvalue weighted by Gasteiger charge is -2.34. The molecular weight excluding hydrogens is 444 g/mol. The SMILES string of the molecule is COC(=O)N1c2ccc3c(nc(Nc4ccc(C)cc4)n3[C@@H]3CCC[C@@H](C(=O)O)C3)c2CC[C@@H]1C. The molecule has 35 heavy (non-hydrogen) atoms. The van der Waals surface area contributed by atoms with E-state index in [1.54, 1.807) is 4.90 Å². The van der Waals surface area contributed by atoms with Crippen LogP contribution >= 0.6 is 0 Å². The predicted octanol–water partition coefficient (Wildman–Crippen LogP) is 5.81. The summed E-state index contributed by atoms with van der Waals surface area (Å²) in [6.45, 7) is 4.08. The number of aromatic nitrogens is 2. The monoisotopic (exact) mass is 476 g/mol. The molecule has 1 aliphatic heterocycles. The van der Waals surface area contributed by atoms with Crippen molar-refractivity contribution in [1.29, 1.82) is 0 Å². The first-order valence-corrected chi connectivity index (χ1v) is 12.3. The van der Waals surface area contributed by atoms with E-state index in [-0.39, 0.29) is 24.1 Å². The van der Waals surface area contributed by atoms with Crippen LogP contribution in [0.15, 0.2) is 36.4 Å². The molecule has 0 spiro atoms. The Kier molecular flexibility index (Phi) is 6.13. The number of ether oxygens (including phenoxy) is 1. The second kappa shape index (κ2) is 9.24. The van der Waals surface area contributed by atoms with Crippen molar-refractivity contribution in [3.05, 3.63) is 47.5 Å². The average molecular weight is 477 g/mol. The fraction of sp³-hybridized carbons (Fsp3) is 0.444. The molecule has 0 saturated heterocycles. The molecule has 1 amide bonds. The third-order valence-electron chi connectivity index (χ3n) is 7.49. The molecule has 1 aromatic heterocycles. The number of hydrogen-bond donors (Lipinski definition) is 2. The number of nitrogens with zero attached hydrogens (tertiary/aromatic N) is 3. The van der Waals surface area contributed by atoms with Crippen molar-refractivity contribution in [2.24, 2.45) is 5.92 Å². The Hall–Kier alpha value is -3.55. The lowest BCUT2D eigenvalue weighted by atomic mass is 9.85. The van der Waals surface area contributed by atoms with Gasteiger partial charge in [-0.15, -0.1) is 0 Å². The summed E-state index contributed by atoms with van der Waals surface area (Å²) in [5.74, 6) is -0.379. The highest BCUT2D eigenvalue weighted by Crippen LogP contribution is 2.42. The lowest BCUT2D eigenvalue weighted by molar-refractivity contribution is -0.143. The topological polar surface area (TPSA) is 96.7 Å². The van der Waals surface area contributed by atoms with Gasteiger partial charge in [0.2, 0.25) is 5.95 Å². The molecular formula is C27H32N4O4. The summed E-state index contributed by atoms with van der Waals surface area (Å²) < 4.78 is 7.26. The van der Waals surface area contributed by atoms with Crippen LogP contribution in [0.2, 0.25) is 0 Å². The Bertz CT molecular complexity index is 1270. The van der Waals surface area contributed by atoms with E-state index in [1.165, 1.54) is 12.7 Å². The molecule has 2 aromatic carbocycles. The van der Waals surface area contributed by atoms with Crippen molar-refractivity contribution in [2.75, 3.05) is 17.3 Å². The highest BCUT2D eigenvalue weighted by Gasteiger charge is 2.34. The maximum Gasteiger partial charge on any atom is 0.414 e. The van der Waals surface area contributed by atoms with Gasteiger partial charge in [0.25, 0.3) is 0 Å². The lowest BCUT2D eigenvalue weighted by Crippen LogP contribution is -2.42. The van der Waals surface area contributed by atoms with E-state index < -0.39 is 5.97 Å². The fourth-order valence-corrected chi connectivity index (χ4v) is 5.62. The number of anilines is 3. The zero-order chi connectivity index (χ0) is 24.7. The van der Waals surface area contributed by atoms with Crippen molar-refractivity contribution in [1.82, 2.24) is 9.55 Å². The van der Waals surface area contributed by atoms with Crippen molar-refractivity contribution in [3.8, 4) is 0 Å². The number of aryl methyl sites for hydroxylation is 2. The number of nitrogens with one attached hydrogen (secondary N) is 1. The van der Waals surface area contributed by atoms with E-state index in [9.17, 15) is 14.7 Å². The van der Waals surface area contributed by atoms with Crippen LogP contribution in [-0.2, 0) is 16.0 Å². The second-order valence-electron chi connectivity index (χ2n) is 9.81. The molecule has 2 heterocycles. The normalized spacial score (nSPS) is 22.0. The summed E-state index contributed by atoms with van der Waals surface area (Å²) in [6, 6.07) is 12.2. The zero-order valence-corrected chi connectivity index (χ0v) is 20.5. The van der Waals surface area contributed by atoms with E-state index in [4.69, 9.17) is 9.72 Å². The molecule has 8 nitrogen and oxygen atoms in total. The highest BCUT2D eigenvalue weighted by molar-refractivity contribution is 5.96. The Morgan fingerprint density at radius 3 is 2.60 bits per heavy atom. The number of carboxylic acids is 1. The summed E-state index contributed by atoms with van der Waals surface area (Å²) in [4.78, 5) is 31.1. The van der Waals surface area contributed by atoms with Crippen LogP contribution in [-0.4, -0.2) is 39.9 Å². The van der Waals surface area contributed by atoms with Gasteiger partial charge in [0, 0.05) is 23.3 Å². The molecule has 3 atom stereocenters. The van der Waals surface area contributed by atoms with Gasteiger partial charge in [-0.1, -0.05) is 24.1 Å². The summed E-state index contributed by atoms with van der Waals surface area (Å²) in [5, 5.41) is 13.2. The molecule has 5 rings (SSSR count). The van der Waals surface area contributed by atoms with E-state index in [0.29, 0.717) is 18.8 Å². The minimum Gasteiger partial charge on any atom is -0.481 e. The summed E-state index contributed by atoms with van der Waals surface area (Å²) in [6.07, 6.45) is 4.31. The number of amides is 1. The molecule has 0 bridgehead atoms. The van der Waals surface area contributed by atoms with Gasteiger partial charge < -0.3 is 19.7 Å². The van der Waals surface area contributed by atoms with Gasteiger partial charge in [0.1, 0.15) is 0 Å². The number of hydrogen-bond acceptors (Lipinski definition) is 5. The number of fused-ring (bicyclic) bond motifs is 3. The Balaban J connectivity index is 1.65. The highest BCUT2D eigenvalue weighted by atomic mass is 16.5. The molecule has 3 aromatic rings. The van der Waals surface area contributed by atoms with Gasteiger partial charge in [0.15, 0.2) is 0 Å². The smallest absolute Gasteiger partial charge is 0.414 e. The Labute approximate surface area is 204 Å². The van der Waals surface area contributed by atoms with Crippen LogP contribution in [0, 0.1) is 12.8 Å². The van der Waals surface area contributed by atoms with Gasteiger partial charge in [0.05, 0.1) is 29.7 Å². The number of imidazole rings is 1. The average Bonchev–Trinajstić information content (AvgIpc) is 3.23. The van der Waals surface area contributed by atoms with E-state index in [2.05, 4.69) is 9.88 Å². The molecule has 2 aliphatic rings. The number of carbonyl (C=O) groups excluding carboxylic acids is 1. The maximum atomic E-state index is 12.6. The summed E-state index contributed by atoms with van der Waals surface area (Å²) in [7, 11) is 1.40. The largest absolute Gasteiger partial charge is 0.481 e. The van der Waals surface area contributed by atoms with Gasteiger partial charge in [-0.3, -0.25) is 9.69 Å². The van der Waals surface area contributed by atoms with E-state index in [0.717, 1.165) is 53.7 Å². The minimum absolute atomic E-state index is 0.0278. The van der Waals surface area contributed by atoms with Crippen molar-refractivity contribution in [3.63, 3.8) is 0 Å². The van der Waals surface area contributed by atoms with Crippen molar-refractivity contribution >= 4 is 40.4 Å². The third kappa shape index (κ3) is 4.22. The minimum atomic E-state index is -0.729. The Morgan fingerprint density at radius 2 is 1.89 bits per heavy atom. The molecule has 1 saturated carbocycles. The molecule has 1 fully saturated rings. The first kappa shape index (κ1) is 23.2. The standard InChI is InChI=1S/C27H32N4O4/c1-16-7-10-19(11-8-16)28-26-29-24-21-12-9-17(2)30(27(34)35-3)22(21)13-14-23(24)31(26)20-6-4-5-18(15-20)25(32)33/h7-8,10-11,13-14,17-18,20H,4-6,9,12,15H2,1-3H3,(H,28,29)(H,32,33)/t17-,18+,20+/m0/s1. The molecule has 1 aliphatic carbocycles. The number of carboxylic acid groups (broad SMARTS) is 1. The fourth-order valence-electron chi connectivity index (χ4n) is 5.62. The van der Waals surface area contributed by atoms with Gasteiger partial charge in [-0.2, -0.15) is 0 Å². The van der Waals surface area contributed by atoms with Crippen molar-refractivity contribution < 1.29 is 19.4 Å². The predicted molar refractivity (Wildman–Crippen MR) is 135 cm³/mol. The number of benzene rings is 2. The van der Waals surface area contributed by atoms with Crippen LogP contribution < -0.4 is 10.2 Å². The molecule has 0 unspecified atom stereocenters. The van der Waals surface area contributed by atoms with E-state index >= 15 is 0 Å². The first-order valence-electron chi connectivity index (χ1n) is 12.3. The van der Waals surface area contributed by atoms with Crippen LogP contribution in [0.25, 0.3) is 11.0 Å². The number of rotatable bonds is 4. The van der Waals surface area contributed by atoms with Crippen molar-refractivity contribution in [2.45, 2.75) is 64.5 Å². The third-order valence-corrected chi connectivity index (χ3v) is 7.49. The molecule has 8 heteroatoms. The van der Waals surface area contributed by atoms with Crippen LogP contribution in [0.3, 0.4) is 0 Å².